The second-order valence-corrected chi connectivity index (χ2v) is 4.69. The molecule has 1 aliphatic heterocycles. The smallest absolute Gasteiger partial charge is 0.251 e. The summed E-state index contributed by atoms with van der Waals surface area (Å²) in [7, 11) is 1.53. The largest absolute Gasteiger partial charge is 0.409 e. The summed E-state index contributed by atoms with van der Waals surface area (Å²) < 4.78 is 5.04. The predicted molar refractivity (Wildman–Crippen MR) is 72.1 cm³/mol. The summed E-state index contributed by atoms with van der Waals surface area (Å²) in [6.45, 7) is 6.46. The highest BCUT2D eigenvalue weighted by atomic mass is 16.5. The fourth-order valence-corrected chi connectivity index (χ4v) is 2.33. The van der Waals surface area contributed by atoms with E-state index in [2.05, 4.69) is 10.1 Å². The van der Waals surface area contributed by atoms with E-state index in [1.807, 2.05) is 6.92 Å². The number of piperazine rings is 1. The fourth-order valence-electron chi connectivity index (χ4n) is 2.33. The molecular weight excluding hydrogens is 248 g/mol. The van der Waals surface area contributed by atoms with E-state index in [0.717, 1.165) is 19.5 Å². The van der Waals surface area contributed by atoms with Gasteiger partial charge in [0.1, 0.15) is 6.10 Å². The van der Waals surface area contributed by atoms with Crippen molar-refractivity contribution in [2.24, 2.45) is 10.9 Å². The maximum Gasteiger partial charge on any atom is 0.251 e. The van der Waals surface area contributed by atoms with Gasteiger partial charge in [-0.3, -0.25) is 9.69 Å². The molecule has 110 valence electrons. The Hall–Kier alpha value is -1.34. The van der Waals surface area contributed by atoms with E-state index in [9.17, 15) is 4.79 Å². The highest BCUT2D eigenvalue weighted by Gasteiger charge is 2.29. The van der Waals surface area contributed by atoms with E-state index in [-0.39, 0.29) is 17.8 Å². The Balaban J connectivity index is 2.55. The van der Waals surface area contributed by atoms with Crippen molar-refractivity contribution >= 4 is 11.7 Å². The zero-order chi connectivity index (χ0) is 14.4. The Morgan fingerprint density at radius 2 is 2.00 bits per heavy atom. The number of methoxy groups -OCH3 is 1. The minimum absolute atomic E-state index is 0.0130. The number of oxime groups is 1. The predicted octanol–water partition coefficient (Wildman–Crippen LogP) is -0.309. The first kappa shape index (κ1) is 15.7. The van der Waals surface area contributed by atoms with Gasteiger partial charge in [-0.1, -0.05) is 12.1 Å². The second kappa shape index (κ2) is 7.30. The van der Waals surface area contributed by atoms with Crippen LogP contribution in [-0.4, -0.2) is 72.2 Å². The zero-order valence-electron chi connectivity index (χ0n) is 11.9. The highest BCUT2D eigenvalue weighted by Crippen LogP contribution is 2.11. The van der Waals surface area contributed by atoms with Gasteiger partial charge in [-0.15, -0.1) is 0 Å². The Labute approximate surface area is 114 Å². The van der Waals surface area contributed by atoms with Crippen molar-refractivity contribution in [3.8, 4) is 0 Å². The van der Waals surface area contributed by atoms with E-state index in [4.69, 9.17) is 15.7 Å². The molecule has 19 heavy (non-hydrogen) atoms. The van der Waals surface area contributed by atoms with E-state index in [0.29, 0.717) is 13.1 Å². The summed E-state index contributed by atoms with van der Waals surface area (Å²) >= 11 is 0. The number of carbonyl (C=O) groups is 1. The van der Waals surface area contributed by atoms with Crippen LogP contribution in [0, 0.1) is 0 Å². The molecular formula is C12H24N4O3. The summed E-state index contributed by atoms with van der Waals surface area (Å²) in [6.07, 6.45) is 0.371. The van der Waals surface area contributed by atoms with Crippen LogP contribution < -0.4 is 5.73 Å². The highest BCUT2D eigenvalue weighted by molar-refractivity contribution is 5.85. The molecule has 1 fully saturated rings. The normalized spacial score (nSPS) is 21.2. The van der Waals surface area contributed by atoms with Gasteiger partial charge >= 0.3 is 0 Å². The van der Waals surface area contributed by atoms with E-state index < -0.39 is 6.10 Å². The summed E-state index contributed by atoms with van der Waals surface area (Å²) in [5.74, 6) is 0.242. The first-order valence-corrected chi connectivity index (χ1v) is 6.58. The van der Waals surface area contributed by atoms with Crippen molar-refractivity contribution in [3.63, 3.8) is 0 Å². The van der Waals surface area contributed by atoms with Crippen LogP contribution >= 0.6 is 0 Å². The maximum atomic E-state index is 12.0. The Bertz CT molecular complexity index is 327. The van der Waals surface area contributed by atoms with Gasteiger partial charge in [0.05, 0.1) is 6.04 Å². The number of rotatable bonds is 5. The molecule has 3 N–H and O–H groups in total. The summed E-state index contributed by atoms with van der Waals surface area (Å²) in [4.78, 5) is 15.9. The average molecular weight is 272 g/mol. The Kier molecular flexibility index (Phi) is 6.04. The van der Waals surface area contributed by atoms with E-state index in [1.165, 1.54) is 7.11 Å². The third kappa shape index (κ3) is 3.81. The van der Waals surface area contributed by atoms with E-state index >= 15 is 0 Å². The second-order valence-electron chi connectivity index (χ2n) is 4.69. The van der Waals surface area contributed by atoms with Crippen LogP contribution in [0.5, 0.6) is 0 Å². The number of hydrogen-bond donors (Lipinski definition) is 2. The number of ether oxygens (including phenoxy) is 1. The van der Waals surface area contributed by atoms with Crippen LogP contribution in [0.15, 0.2) is 5.16 Å². The van der Waals surface area contributed by atoms with Crippen LogP contribution in [-0.2, 0) is 9.53 Å². The lowest BCUT2D eigenvalue weighted by Gasteiger charge is -2.39. The number of nitrogens with two attached hydrogens (primary N) is 1. The third-order valence-corrected chi connectivity index (χ3v) is 3.61. The van der Waals surface area contributed by atoms with Crippen molar-refractivity contribution in [1.82, 2.24) is 9.80 Å². The molecule has 0 aliphatic carbocycles. The molecule has 2 unspecified atom stereocenters. The van der Waals surface area contributed by atoms with Gasteiger partial charge in [-0.25, -0.2) is 0 Å². The molecule has 0 saturated carbocycles. The summed E-state index contributed by atoms with van der Waals surface area (Å²) in [5.41, 5.74) is 5.68. The lowest BCUT2D eigenvalue weighted by Crippen LogP contribution is -2.56. The lowest BCUT2D eigenvalue weighted by molar-refractivity contribution is -0.142. The third-order valence-electron chi connectivity index (χ3n) is 3.61. The van der Waals surface area contributed by atoms with Gasteiger partial charge in [0, 0.05) is 33.3 Å². The van der Waals surface area contributed by atoms with Gasteiger partial charge in [-0.2, -0.15) is 0 Å². The summed E-state index contributed by atoms with van der Waals surface area (Å²) in [6, 6.07) is -0.0675. The molecule has 0 aromatic rings. The molecule has 1 heterocycles. The lowest BCUT2D eigenvalue weighted by atomic mass is 10.1. The Morgan fingerprint density at radius 1 is 1.42 bits per heavy atom. The van der Waals surface area contributed by atoms with Gasteiger partial charge in [-0.05, 0) is 13.3 Å². The quantitative estimate of drug-likeness (QED) is 0.310. The maximum absolute atomic E-state index is 12.0. The van der Waals surface area contributed by atoms with E-state index in [1.54, 1.807) is 11.8 Å². The topological polar surface area (TPSA) is 91.4 Å². The standard InChI is InChI=1S/C12H24N4O3/c1-4-10(11(13)14-18)15-5-7-16(8-6-15)12(17)9(2)19-3/h9-10,18H,4-8H2,1-3H3,(H2,13,14). The molecule has 0 radical (unpaired) electrons. The number of carbonyl (C=O) groups excluding carboxylic acids is 1. The van der Waals surface area contributed by atoms with Crippen molar-refractivity contribution in [3.05, 3.63) is 0 Å². The average Bonchev–Trinajstić information content (AvgIpc) is 2.46. The van der Waals surface area contributed by atoms with Gasteiger partial charge in [0.15, 0.2) is 5.84 Å². The molecule has 1 amide bonds. The minimum Gasteiger partial charge on any atom is -0.409 e. The van der Waals surface area contributed by atoms with Crippen molar-refractivity contribution in [1.29, 1.82) is 0 Å². The number of nitrogens with zero attached hydrogens (tertiary/aromatic N) is 3. The molecule has 1 rings (SSSR count). The monoisotopic (exact) mass is 272 g/mol. The molecule has 1 aliphatic rings. The van der Waals surface area contributed by atoms with Crippen LogP contribution in [0.3, 0.4) is 0 Å². The SMILES string of the molecule is CCC(C(N)=NO)N1CCN(C(=O)C(C)OC)CC1. The van der Waals surface area contributed by atoms with Crippen LogP contribution in [0.2, 0.25) is 0 Å². The van der Waals surface area contributed by atoms with Crippen LogP contribution in [0.1, 0.15) is 20.3 Å². The van der Waals surface area contributed by atoms with Crippen LogP contribution in [0.4, 0.5) is 0 Å². The number of amides is 1. The van der Waals surface area contributed by atoms with Gasteiger partial charge < -0.3 is 20.6 Å². The van der Waals surface area contributed by atoms with Gasteiger partial charge in [0.25, 0.3) is 5.91 Å². The molecule has 2 atom stereocenters. The molecule has 0 spiro atoms. The molecule has 0 aromatic carbocycles. The zero-order valence-corrected chi connectivity index (χ0v) is 11.9. The molecule has 0 bridgehead atoms. The van der Waals surface area contributed by atoms with Gasteiger partial charge in [0.2, 0.25) is 0 Å². The van der Waals surface area contributed by atoms with Crippen molar-refractivity contribution < 1.29 is 14.7 Å². The van der Waals surface area contributed by atoms with Crippen molar-refractivity contribution in [2.45, 2.75) is 32.4 Å². The molecule has 1 saturated heterocycles. The summed E-state index contributed by atoms with van der Waals surface area (Å²) in [5, 5.41) is 11.8. The fraction of sp³-hybridized carbons (Fsp3) is 0.833. The number of hydrogen-bond acceptors (Lipinski definition) is 5. The molecule has 7 heteroatoms. The number of amidine groups is 1. The minimum atomic E-state index is -0.405. The first-order chi connectivity index (χ1) is 9.04. The molecule has 0 aromatic heterocycles. The molecule has 7 nitrogen and oxygen atoms in total. The van der Waals surface area contributed by atoms with Crippen LogP contribution in [0.25, 0.3) is 0 Å². The first-order valence-electron chi connectivity index (χ1n) is 6.58. The Morgan fingerprint density at radius 3 is 2.42 bits per heavy atom. The van der Waals surface area contributed by atoms with Crippen molar-refractivity contribution in [2.75, 3.05) is 33.3 Å².